The summed E-state index contributed by atoms with van der Waals surface area (Å²) in [6.45, 7) is 0.502. The molecule has 1 aliphatic rings. The molecule has 1 fully saturated rings. The maximum atomic E-state index is 12.2. The molecule has 0 atom stereocenters. The Morgan fingerprint density at radius 3 is 2.46 bits per heavy atom. The molecule has 2 aromatic carbocycles. The van der Waals surface area contributed by atoms with Gasteiger partial charge in [0.1, 0.15) is 11.5 Å². The van der Waals surface area contributed by atoms with Crippen LogP contribution in [-0.4, -0.2) is 40.8 Å². The van der Waals surface area contributed by atoms with Gasteiger partial charge in [0.25, 0.3) is 0 Å². The molecule has 1 heterocycles. The lowest BCUT2D eigenvalue weighted by atomic mass is 10.2. The summed E-state index contributed by atoms with van der Waals surface area (Å²) in [6, 6.07) is 12.2. The summed E-state index contributed by atoms with van der Waals surface area (Å²) in [7, 11) is -0.127. The third kappa shape index (κ3) is 4.45. The number of methoxy groups -OCH3 is 2. The molecule has 1 saturated heterocycles. The van der Waals surface area contributed by atoms with Crippen LogP contribution < -0.4 is 19.1 Å². The van der Waals surface area contributed by atoms with Gasteiger partial charge in [-0.1, -0.05) is 12.1 Å². The van der Waals surface area contributed by atoms with E-state index in [0.29, 0.717) is 35.8 Å². The van der Waals surface area contributed by atoms with Crippen molar-refractivity contribution in [3.05, 3.63) is 54.1 Å². The van der Waals surface area contributed by atoms with Crippen LogP contribution in [0.3, 0.4) is 0 Å². The van der Waals surface area contributed by atoms with Gasteiger partial charge in [0, 0.05) is 18.7 Å². The van der Waals surface area contributed by atoms with Crippen LogP contribution in [0.15, 0.2) is 48.5 Å². The van der Waals surface area contributed by atoms with E-state index < -0.39 is 10.0 Å². The molecule has 1 N–H and O–H groups in total. The standard InChI is InChI=1S/C20H22N2O5S/c1-26-17-9-10-19(27-2)18(14-17)21-20(23)11-6-15-4-7-16(8-5-15)22-12-3-13-28(22,24)25/h4-11,14H,3,12-13H2,1-2H3,(H,21,23)/b11-6+. The van der Waals surface area contributed by atoms with Crippen LogP contribution in [0.25, 0.3) is 6.08 Å². The van der Waals surface area contributed by atoms with Gasteiger partial charge in [-0.2, -0.15) is 0 Å². The molecule has 8 heteroatoms. The highest BCUT2D eigenvalue weighted by molar-refractivity contribution is 7.93. The van der Waals surface area contributed by atoms with Crippen molar-refractivity contribution in [2.75, 3.05) is 36.1 Å². The number of rotatable bonds is 6. The van der Waals surface area contributed by atoms with Crippen LogP contribution in [0.5, 0.6) is 11.5 Å². The first-order chi connectivity index (χ1) is 13.4. The van der Waals surface area contributed by atoms with Crippen LogP contribution in [-0.2, 0) is 14.8 Å². The molecular formula is C20H22N2O5S. The molecule has 0 aliphatic carbocycles. The molecule has 0 saturated carbocycles. The Balaban J connectivity index is 1.68. The van der Waals surface area contributed by atoms with Crippen molar-refractivity contribution in [1.29, 1.82) is 0 Å². The zero-order valence-corrected chi connectivity index (χ0v) is 16.5. The Bertz CT molecular complexity index is 984. The van der Waals surface area contributed by atoms with E-state index in [2.05, 4.69) is 5.32 Å². The summed E-state index contributed by atoms with van der Waals surface area (Å²) in [4.78, 5) is 12.2. The van der Waals surface area contributed by atoms with Gasteiger partial charge in [-0.15, -0.1) is 0 Å². The fraction of sp³-hybridized carbons (Fsp3) is 0.250. The van der Waals surface area contributed by atoms with Crippen molar-refractivity contribution in [2.45, 2.75) is 6.42 Å². The number of ether oxygens (including phenoxy) is 2. The molecule has 28 heavy (non-hydrogen) atoms. The van der Waals surface area contributed by atoms with Crippen LogP contribution in [0.4, 0.5) is 11.4 Å². The summed E-state index contributed by atoms with van der Waals surface area (Å²) in [5.41, 5.74) is 1.93. The van der Waals surface area contributed by atoms with Crippen molar-refractivity contribution in [2.24, 2.45) is 0 Å². The highest BCUT2D eigenvalue weighted by atomic mass is 32.2. The van der Waals surface area contributed by atoms with Crippen molar-refractivity contribution >= 4 is 33.4 Å². The Morgan fingerprint density at radius 1 is 1.11 bits per heavy atom. The zero-order chi connectivity index (χ0) is 20.1. The molecule has 1 amide bonds. The highest BCUT2D eigenvalue weighted by Crippen LogP contribution is 2.29. The second-order valence-electron chi connectivity index (χ2n) is 6.22. The molecule has 0 spiro atoms. The predicted molar refractivity (Wildman–Crippen MR) is 109 cm³/mol. The lowest BCUT2D eigenvalue weighted by Crippen LogP contribution is -2.24. The molecule has 3 rings (SSSR count). The average molecular weight is 402 g/mol. The van der Waals surface area contributed by atoms with E-state index in [0.717, 1.165) is 5.56 Å². The fourth-order valence-corrected chi connectivity index (χ4v) is 4.50. The average Bonchev–Trinajstić information content (AvgIpc) is 3.05. The van der Waals surface area contributed by atoms with Crippen LogP contribution >= 0.6 is 0 Å². The number of amides is 1. The maximum Gasteiger partial charge on any atom is 0.248 e. The van der Waals surface area contributed by atoms with Gasteiger partial charge >= 0.3 is 0 Å². The largest absolute Gasteiger partial charge is 0.497 e. The third-order valence-electron chi connectivity index (χ3n) is 4.37. The number of nitrogens with zero attached hydrogens (tertiary/aromatic N) is 1. The van der Waals surface area contributed by atoms with Gasteiger partial charge in [0.15, 0.2) is 0 Å². The quantitative estimate of drug-likeness (QED) is 0.751. The first-order valence-electron chi connectivity index (χ1n) is 8.74. The van der Waals surface area contributed by atoms with Crippen molar-refractivity contribution < 1.29 is 22.7 Å². The summed E-state index contributed by atoms with van der Waals surface area (Å²) in [5, 5.41) is 2.76. The lowest BCUT2D eigenvalue weighted by Gasteiger charge is -2.16. The number of nitrogens with one attached hydrogen (secondary N) is 1. The van der Waals surface area contributed by atoms with Crippen molar-refractivity contribution in [1.82, 2.24) is 0 Å². The van der Waals surface area contributed by atoms with E-state index in [9.17, 15) is 13.2 Å². The van der Waals surface area contributed by atoms with Gasteiger partial charge in [-0.05, 0) is 42.3 Å². The summed E-state index contributed by atoms with van der Waals surface area (Å²) >= 11 is 0. The molecule has 2 aromatic rings. The van der Waals surface area contributed by atoms with Gasteiger partial charge in [0.05, 0.1) is 31.3 Å². The topological polar surface area (TPSA) is 84.9 Å². The van der Waals surface area contributed by atoms with E-state index in [4.69, 9.17) is 9.47 Å². The molecule has 0 radical (unpaired) electrons. The highest BCUT2D eigenvalue weighted by Gasteiger charge is 2.28. The summed E-state index contributed by atoms with van der Waals surface area (Å²) < 4.78 is 35.8. The predicted octanol–water partition coefficient (Wildman–Crippen LogP) is 2.90. The van der Waals surface area contributed by atoms with Crippen LogP contribution in [0, 0.1) is 0 Å². The van der Waals surface area contributed by atoms with Crippen molar-refractivity contribution in [3.8, 4) is 11.5 Å². The number of sulfonamides is 1. The first-order valence-corrected chi connectivity index (χ1v) is 10.4. The van der Waals surface area contributed by atoms with E-state index >= 15 is 0 Å². The third-order valence-corrected chi connectivity index (χ3v) is 6.24. The second-order valence-corrected chi connectivity index (χ2v) is 8.23. The number of hydrogen-bond donors (Lipinski definition) is 1. The molecule has 0 unspecified atom stereocenters. The van der Waals surface area contributed by atoms with E-state index in [1.807, 2.05) is 0 Å². The first kappa shape index (κ1) is 19.8. The van der Waals surface area contributed by atoms with Gasteiger partial charge in [-0.25, -0.2) is 8.42 Å². The summed E-state index contributed by atoms with van der Waals surface area (Å²) in [6.07, 6.45) is 3.70. The Hall–Kier alpha value is -3.00. The maximum absolute atomic E-state index is 12.2. The lowest BCUT2D eigenvalue weighted by molar-refractivity contribution is -0.111. The van der Waals surface area contributed by atoms with Crippen LogP contribution in [0.1, 0.15) is 12.0 Å². The Morgan fingerprint density at radius 2 is 1.86 bits per heavy atom. The molecule has 7 nitrogen and oxygen atoms in total. The fourth-order valence-electron chi connectivity index (χ4n) is 2.94. The molecular weight excluding hydrogens is 380 g/mol. The Kier molecular flexibility index (Phi) is 5.89. The zero-order valence-electron chi connectivity index (χ0n) is 15.7. The van der Waals surface area contributed by atoms with Crippen LogP contribution in [0.2, 0.25) is 0 Å². The van der Waals surface area contributed by atoms with Gasteiger partial charge in [-0.3, -0.25) is 9.10 Å². The number of carbonyl (C=O) groups is 1. The second kappa shape index (κ2) is 8.35. The normalized spacial score (nSPS) is 15.6. The number of hydrogen-bond acceptors (Lipinski definition) is 5. The summed E-state index contributed by atoms with van der Waals surface area (Å²) in [5.74, 6) is 0.992. The van der Waals surface area contributed by atoms with Gasteiger partial charge in [0.2, 0.25) is 15.9 Å². The Labute approximate surface area is 164 Å². The number of benzene rings is 2. The number of carbonyl (C=O) groups excluding carboxylic acids is 1. The molecule has 0 aromatic heterocycles. The molecule has 148 valence electrons. The van der Waals surface area contributed by atoms with Gasteiger partial charge < -0.3 is 14.8 Å². The van der Waals surface area contributed by atoms with Crippen molar-refractivity contribution in [3.63, 3.8) is 0 Å². The number of anilines is 2. The monoisotopic (exact) mass is 402 g/mol. The van der Waals surface area contributed by atoms with E-state index in [1.165, 1.54) is 17.5 Å². The molecule has 1 aliphatic heterocycles. The smallest absolute Gasteiger partial charge is 0.248 e. The minimum Gasteiger partial charge on any atom is -0.497 e. The minimum absolute atomic E-state index is 0.183. The molecule has 0 bridgehead atoms. The van der Waals surface area contributed by atoms with E-state index in [-0.39, 0.29) is 11.7 Å². The minimum atomic E-state index is -3.20. The van der Waals surface area contributed by atoms with E-state index in [1.54, 1.807) is 55.7 Å². The SMILES string of the molecule is COc1ccc(OC)c(NC(=O)/C=C/c2ccc(N3CCCS3(=O)=O)cc2)c1.